The molecule has 0 fully saturated rings. The molecule has 1 aliphatic rings. The predicted molar refractivity (Wildman–Crippen MR) is 100 cm³/mol. The Kier molecular flexibility index (Phi) is 5.27. The number of fused-ring (bicyclic) bond motifs is 1. The fraction of sp³-hybridized carbons (Fsp3) is 0.235. The largest absolute Gasteiger partial charge is 0.478 e. The Labute approximate surface area is 164 Å². The maximum Gasteiger partial charge on any atom is 0.271 e. The molecule has 9 heteroatoms. The van der Waals surface area contributed by atoms with Crippen molar-refractivity contribution in [3.8, 4) is 5.75 Å². The Morgan fingerprint density at radius 2 is 1.88 bits per heavy atom. The number of hydrogen-bond acceptors (Lipinski definition) is 4. The fourth-order valence-corrected chi connectivity index (χ4v) is 3.39. The summed E-state index contributed by atoms with van der Waals surface area (Å²) in [4.78, 5) is 24.8. The van der Waals surface area contributed by atoms with Crippen LogP contribution in [0.5, 0.6) is 5.75 Å². The topological polar surface area (TPSA) is 72.7 Å². The Hall–Kier alpha value is -2.02. The molecule has 1 heterocycles. The minimum Gasteiger partial charge on any atom is -0.478 e. The van der Waals surface area contributed by atoms with Crippen molar-refractivity contribution in [1.29, 1.82) is 0 Å². The first-order valence-electron chi connectivity index (χ1n) is 7.72. The van der Waals surface area contributed by atoms with E-state index >= 15 is 0 Å². The van der Waals surface area contributed by atoms with Crippen molar-refractivity contribution in [1.82, 2.24) is 0 Å². The minimum atomic E-state index is -0.694. The van der Waals surface area contributed by atoms with Crippen LogP contribution in [0.15, 0.2) is 30.3 Å². The van der Waals surface area contributed by atoms with Gasteiger partial charge in [0.25, 0.3) is 11.6 Å². The maximum atomic E-state index is 12.8. The van der Waals surface area contributed by atoms with Gasteiger partial charge in [0.05, 0.1) is 27.2 Å². The molecule has 1 unspecified atom stereocenters. The van der Waals surface area contributed by atoms with Gasteiger partial charge in [-0.3, -0.25) is 14.9 Å². The van der Waals surface area contributed by atoms with E-state index in [1.165, 1.54) is 23.1 Å². The van der Waals surface area contributed by atoms with Gasteiger partial charge in [0, 0.05) is 22.7 Å². The number of carbonyl (C=O) groups excluding carboxylic acids is 1. The fourth-order valence-electron chi connectivity index (χ4n) is 2.72. The Morgan fingerprint density at radius 1 is 1.19 bits per heavy atom. The summed E-state index contributed by atoms with van der Waals surface area (Å²) < 4.78 is 5.67. The summed E-state index contributed by atoms with van der Waals surface area (Å²) in [5, 5.41) is 12.0. The van der Waals surface area contributed by atoms with Gasteiger partial charge in [-0.2, -0.15) is 0 Å². The van der Waals surface area contributed by atoms with Crippen LogP contribution in [0.2, 0.25) is 15.1 Å². The Morgan fingerprint density at radius 3 is 2.54 bits per heavy atom. The molecule has 26 heavy (non-hydrogen) atoms. The van der Waals surface area contributed by atoms with Gasteiger partial charge in [0.1, 0.15) is 5.75 Å². The lowest BCUT2D eigenvalue weighted by atomic mass is 10.1. The first-order valence-corrected chi connectivity index (χ1v) is 8.85. The van der Waals surface area contributed by atoms with Gasteiger partial charge >= 0.3 is 0 Å². The van der Waals surface area contributed by atoms with E-state index in [1.54, 1.807) is 12.1 Å². The summed E-state index contributed by atoms with van der Waals surface area (Å²) in [5.41, 5.74) is 0.604. The van der Waals surface area contributed by atoms with E-state index in [1.807, 2.05) is 6.92 Å². The zero-order valence-corrected chi connectivity index (χ0v) is 15.8. The van der Waals surface area contributed by atoms with Crippen molar-refractivity contribution >= 4 is 52.1 Å². The molecule has 1 amide bonds. The third-order valence-corrected chi connectivity index (χ3v) is 5.28. The summed E-state index contributed by atoms with van der Waals surface area (Å²) >= 11 is 18.5. The SMILES string of the molecule is CCC1Oc2ccc([N+](=O)[O-])cc2N(Cc2c(Cl)ccc(Cl)c2Cl)C1=O. The van der Waals surface area contributed by atoms with Crippen LogP contribution in [0.4, 0.5) is 11.4 Å². The van der Waals surface area contributed by atoms with E-state index in [4.69, 9.17) is 39.5 Å². The Balaban J connectivity index is 2.11. The highest BCUT2D eigenvalue weighted by atomic mass is 35.5. The predicted octanol–water partition coefficient (Wildman–Crippen LogP) is 5.26. The van der Waals surface area contributed by atoms with E-state index in [-0.39, 0.29) is 23.2 Å². The lowest BCUT2D eigenvalue weighted by Gasteiger charge is -2.34. The number of nitrogens with zero attached hydrogens (tertiary/aromatic N) is 2. The molecular formula is C17H13Cl3N2O4. The number of rotatable bonds is 4. The summed E-state index contributed by atoms with van der Waals surface area (Å²) in [7, 11) is 0. The lowest BCUT2D eigenvalue weighted by Crippen LogP contribution is -2.45. The molecule has 0 aliphatic carbocycles. The monoisotopic (exact) mass is 414 g/mol. The van der Waals surface area contributed by atoms with Crippen LogP contribution in [-0.2, 0) is 11.3 Å². The number of halogens is 3. The highest BCUT2D eigenvalue weighted by molar-refractivity contribution is 6.44. The second kappa shape index (κ2) is 7.31. The zero-order valence-electron chi connectivity index (χ0n) is 13.5. The number of ether oxygens (including phenoxy) is 1. The molecule has 2 aromatic rings. The van der Waals surface area contributed by atoms with Crippen molar-refractivity contribution in [2.24, 2.45) is 0 Å². The molecular weight excluding hydrogens is 403 g/mol. The van der Waals surface area contributed by atoms with Crippen molar-refractivity contribution in [2.75, 3.05) is 4.90 Å². The van der Waals surface area contributed by atoms with E-state index in [2.05, 4.69) is 0 Å². The summed E-state index contributed by atoms with van der Waals surface area (Å²) in [6.07, 6.45) is -0.247. The van der Waals surface area contributed by atoms with E-state index in [9.17, 15) is 14.9 Å². The lowest BCUT2D eigenvalue weighted by molar-refractivity contribution is -0.384. The van der Waals surface area contributed by atoms with Crippen molar-refractivity contribution < 1.29 is 14.5 Å². The Bertz CT molecular complexity index is 904. The zero-order chi connectivity index (χ0) is 19.0. The second-order valence-corrected chi connectivity index (χ2v) is 6.86. The third kappa shape index (κ3) is 3.32. The molecule has 6 nitrogen and oxygen atoms in total. The normalized spacial score (nSPS) is 16.2. The number of carbonyl (C=O) groups is 1. The highest BCUT2D eigenvalue weighted by Gasteiger charge is 2.35. The van der Waals surface area contributed by atoms with Gasteiger partial charge < -0.3 is 9.64 Å². The maximum absolute atomic E-state index is 12.8. The quantitative estimate of drug-likeness (QED) is 0.388. The van der Waals surface area contributed by atoms with E-state index < -0.39 is 11.0 Å². The van der Waals surface area contributed by atoms with Crippen LogP contribution in [0, 0.1) is 10.1 Å². The number of nitro benzene ring substituents is 1. The third-order valence-electron chi connectivity index (χ3n) is 4.08. The standard InChI is InChI=1S/C17H13Cl3N2O4/c1-2-14-17(23)21(8-10-11(18)4-5-12(19)16(10)20)13-7-9(22(24)25)3-6-15(13)26-14/h3-7,14H,2,8H2,1H3. The number of non-ortho nitro benzene ring substituents is 1. The number of benzene rings is 2. The van der Waals surface area contributed by atoms with Crippen LogP contribution in [0.3, 0.4) is 0 Å². The minimum absolute atomic E-state index is 0.0189. The van der Waals surface area contributed by atoms with E-state index in [0.29, 0.717) is 33.5 Å². The van der Waals surface area contributed by atoms with Crippen molar-refractivity contribution in [2.45, 2.75) is 26.0 Å². The smallest absolute Gasteiger partial charge is 0.271 e. The van der Waals surface area contributed by atoms with Crippen LogP contribution in [-0.4, -0.2) is 16.9 Å². The molecule has 136 valence electrons. The highest BCUT2D eigenvalue weighted by Crippen LogP contribution is 2.40. The molecule has 1 atom stereocenters. The van der Waals surface area contributed by atoms with Gasteiger partial charge in [-0.05, 0) is 24.6 Å². The van der Waals surface area contributed by atoms with Gasteiger partial charge in [0.2, 0.25) is 0 Å². The summed E-state index contributed by atoms with van der Waals surface area (Å²) in [6, 6.07) is 7.26. The van der Waals surface area contributed by atoms with Crippen molar-refractivity contribution in [3.05, 3.63) is 61.1 Å². The van der Waals surface area contributed by atoms with Crippen LogP contribution in [0.1, 0.15) is 18.9 Å². The number of nitro groups is 1. The van der Waals surface area contributed by atoms with E-state index in [0.717, 1.165) is 0 Å². The first-order chi connectivity index (χ1) is 12.3. The summed E-state index contributed by atoms with van der Waals surface area (Å²) in [5.74, 6) is 0.0592. The molecule has 0 N–H and O–H groups in total. The molecule has 1 aliphatic heterocycles. The van der Waals surface area contributed by atoms with Gasteiger partial charge in [-0.1, -0.05) is 41.7 Å². The number of amides is 1. The van der Waals surface area contributed by atoms with Gasteiger partial charge in [-0.15, -0.1) is 0 Å². The van der Waals surface area contributed by atoms with Crippen LogP contribution in [0.25, 0.3) is 0 Å². The molecule has 2 aromatic carbocycles. The number of anilines is 1. The molecule has 0 saturated carbocycles. The molecule has 0 aromatic heterocycles. The average Bonchev–Trinajstić information content (AvgIpc) is 2.62. The molecule has 0 spiro atoms. The molecule has 0 bridgehead atoms. The summed E-state index contributed by atoms with van der Waals surface area (Å²) in [6.45, 7) is 1.83. The molecule has 0 radical (unpaired) electrons. The second-order valence-electron chi connectivity index (χ2n) is 5.67. The molecule has 3 rings (SSSR count). The van der Waals surface area contributed by atoms with Crippen LogP contribution < -0.4 is 9.64 Å². The van der Waals surface area contributed by atoms with Gasteiger partial charge in [-0.25, -0.2) is 0 Å². The first kappa shape index (κ1) is 18.8. The van der Waals surface area contributed by atoms with Gasteiger partial charge in [0.15, 0.2) is 6.10 Å². The van der Waals surface area contributed by atoms with Crippen molar-refractivity contribution in [3.63, 3.8) is 0 Å². The average molecular weight is 416 g/mol. The van der Waals surface area contributed by atoms with Crippen LogP contribution >= 0.6 is 34.8 Å². The molecule has 0 saturated heterocycles. The number of hydrogen-bond donors (Lipinski definition) is 0.